The Morgan fingerprint density at radius 3 is 2.90 bits per heavy atom. The van der Waals surface area contributed by atoms with Gasteiger partial charge in [0, 0.05) is 35.8 Å². The SMILES string of the molecule is C[C@H]1C[C@@]2(CCN1Cc1ccc(NS(=O)(=O)C3CC3)nc1)OCC(O)c1cc(Cl)sc12. The molecule has 4 heterocycles. The number of hydrogen-bond donors (Lipinski definition) is 2. The zero-order valence-electron chi connectivity index (χ0n) is 17.3. The fourth-order valence-electron chi connectivity index (χ4n) is 4.62. The predicted molar refractivity (Wildman–Crippen MR) is 121 cm³/mol. The first-order chi connectivity index (χ1) is 14.8. The number of anilines is 1. The topological polar surface area (TPSA) is 91.8 Å². The van der Waals surface area contributed by atoms with Gasteiger partial charge in [0.15, 0.2) is 0 Å². The van der Waals surface area contributed by atoms with Gasteiger partial charge in [-0.15, -0.1) is 11.3 Å². The van der Waals surface area contributed by atoms with E-state index in [1.807, 2.05) is 12.1 Å². The number of rotatable bonds is 5. The normalized spacial score (nSPS) is 29.1. The number of aliphatic hydroxyl groups is 1. The molecule has 3 atom stereocenters. The Hall–Kier alpha value is -1.23. The lowest BCUT2D eigenvalue weighted by atomic mass is 9.81. The highest BCUT2D eigenvalue weighted by Crippen LogP contribution is 2.50. The molecule has 2 aromatic rings. The van der Waals surface area contributed by atoms with Gasteiger partial charge in [-0.05, 0) is 50.3 Å². The lowest BCUT2D eigenvalue weighted by Gasteiger charge is -2.47. The van der Waals surface area contributed by atoms with Gasteiger partial charge >= 0.3 is 0 Å². The molecule has 1 aliphatic carbocycles. The van der Waals surface area contributed by atoms with Gasteiger partial charge in [-0.1, -0.05) is 17.7 Å². The second-order valence-corrected chi connectivity index (χ2v) is 12.5. The highest BCUT2D eigenvalue weighted by atomic mass is 35.5. The van der Waals surface area contributed by atoms with Crippen LogP contribution >= 0.6 is 22.9 Å². The summed E-state index contributed by atoms with van der Waals surface area (Å²) in [6, 6.07) is 5.81. The average Bonchev–Trinajstić information content (AvgIpc) is 3.51. The highest BCUT2D eigenvalue weighted by Gasteiger charge is 2.46. The number of piperidine rings is 1. The van der Waals surface area contributed by atoms with Gasteiger partial charge < -0.3 is 9.84 Å². The van der Waals surface area contributed by atoms with Crippen LogP contribution in [0.4, 0.5) is 5.82 Å². The maximum Gasteiger partial charge on any atom is 0.236 e. The average molecular weight is 484 g/mol. The van der Waals surface area contributed by atoms with Crippen molar-refractivity contribution in [3.05, 3.63) is 44.7 Å². The minimum atomic E-state index is -3.29. The van der Waals surface area contributed by atoms with E-state index < -0.39 is 16.1 Å². The molecule has 1 saturated heterocycles. The van der Waals surface area contributed by atoms with Crippen LogP contribution in [0.3, 0.4) is 0 Å². The van der Waals surface area contributed by atoms with Crippen LogP contribution in [0.15, 0.2) is 24.4 Å². The van der Waals surface area contributed by atoms with Crippen molar-refractivity contribution in [2.45, 2.75) is 62.1 Å². The maximum absolute atomic E-state index is 12.1. The molecular formula is C21H26ClN3O4S2. The Morgan fingerprint density at radius 1 is 1.42 bits per heavy atom. The number of likely N-dealkylation sites (tertiary alicyclic amines) is 1. The van der Waals surface area contributed by atoms with Crippen LogP contribution in [0, 0.1) is 0 Å². The van der Waals surface area contributed by atoms with Crippen molar-refractivity contribution in [1.29, 1.82) is 0 Å². The van der Waals surface area contributed by atoms with Gasteiger partial charge in [-0.25, -0.2) is 13.4 Å². The highest BCUT2D eigenvalue weighted by molar-refractivity contribution is 7.93. The van der Waals surface area contributed by atoms with E-state index >= 15 is 0 Å². The number of nitrogens with zero attached hydrogens (tertiary/aromatic N) is 2. The lowest BCUT2D eigenvalue weighted by molar-refractivity contribution is -0.139. The van der Waals surface area contributed by atoms with E-state index in [4.69, 9.17) is 16.3 Å². The Bertz CT molecular complexity index is 1070. The number of aromatic nitrogens is 1. The van der Waals surface area contributed by atoms with E-state index in [1.54, 1.807) is 12.3 Å². The van der Waals surface area contributed by atoms with Crippen molar-refractivity contribution in [3.8, 4) is 0 Å². The molecule has 2 aliphatic heterocycles. The van der Waals surface area contributed by atoms with Crippen LogP contribution in [0.5, 0.6) is 0 Å². The number of pyridine rings is 1. The van der Waals surface area contributed by atoms with E-state index in [-0.39, 0.29) is 16.9 Å². The lowest BCUT2D eigenvalue weighted by Crippen LogP contribution is -2.50. The van der Waals surface area contributed by atoms with Crippen LogP contribution in [-0.2, 0) is 26.9 Å². The summed E-state index contributed by atoms with van der Waals surface area (Å²) in [4.78, 5) is 7.76. The number of ether oxygens (including phenoxy) is 1. The molecule has 168 valence electrons. The molecule has 2 aromatic heterocycles. The second kappa shape index (κ2) is 7.97. The molecule has 0 amide bonds. The number of hydrogen-bond acceptors (Lipinski definition) is 7. The van der Waals surface area contributed by atoms with E-state index in [9.17, 15) is 13.5 Å². The second-order valence-electron chi connectivity index (χ2n) is 8.83. The van der Waals surface area contributed by atoms with Crippen molar-refractivity contribution in [2.24, 2.45) is 0 Å². The molecule has 5 rings (SSSR count). The summed E-state index contributed by atoms with van der Waals surface area (Å²) in [7, 11) is -3.29. The number of sulfonamides is 1. The van der Waals surface area contributed by atoms with Gasteiger partial charge in [-0.3, -0.25) is 9.62 Å². The predicted octanol–water partition coefficient (Wildman–Crippen LogP) is 3.64. The summed E-state index contributed by atoms with van der Waals surface area (Å²) >= 11 is 7.77. The van der Waals surface area contributed by atoms with Gasteiger partial charge in [0.1, 0.15) is 17.5 Å². The van der Waals surface area contributed by atoms with Crippen molar-refractivity contribution in [2.75, 3.05) is 17.9 Å². The largest absolute Gasteiger partial charge is 0.386 e. The molecule has 31 heavy (non-hydrogen) atoms. The standard InChI is InChI=1S/C21H26ClN3O4S2/c1-13-9-21(20-16(8-18(22)30-20)17(26)12-29-21)6-7-25(13)11-14-2-5-19(23-10-14)24-31(27,28)15-3-4-15/h2,5,8,10,13,15,17,26H,3-4,6-7,9,11-12H2,1H3,(H,23,24)/t13-,17?,21+/m0/s1. The van der Waals surface area contributed by atoms with Gasteiger partial charge in [0.05, 0.1) is 16.2 Å². The fraction of sp³-hybridized carbons (Fsp3) is 0.571. The summed E-state index contributed by atoms with van der Waals surface area (Å²) in [6.07, 6.45) is 4.25. The minimum Gasteiger partial charge on any atom is -0.386 e. The monoisotopic (exact) mass is 483 g/mol. The first kappa shape index (κ1) is 21.6. The summed E-state index contributed by atoms with van der Waals surface area (Å²) in [5, 5.41) is 10.0. The summed E-state index contributed by atoms with van der Waals surface area (Å²) < 4.78 is 33.6. The molecule has 1 unspecified atom stereocenters. The molecule has 2 fully saturated rings. The van der Waals surface area contributed by atoms with E-state index in [0.29, 0.717) is 16.8 Å². The maximum atomic E-state index is 12.1. The molecule has 1 saturated carbocycles. The number of nitrogens with one attached hydrogen (secondary N) is 1. The number of aliphatic hydroxyl groups excluding tert-OH is 1. The minimum absolute atomic E-state index is 0.266. The van der Waals surface area contributed by atoms with Crippen molar-refractivity contribution in [1.82, 2.24) is 9.88 Å². The quantitative estimate of drug-likeness (QED) is 0.674. The van der Waals surface area contributed by atoms with Crippen molar-refractivity contribution < 1.29 is 18.3 Å². The molecule has 1 spiro atoms. The summed E-state index contributed by atoms with van der Waals surface area (Å²) in [5.41, 5.74) is 1.57. The van der Waals surface area contributed by atoms with Crippen LogP contribution in [-0.4, -0.2) is 47.9 Å². The van der Waals surface area contributed by atoms with E-state index in [1.165, 1.54) is 11.3 Å². The van der Waals surface area contributed by atoms with Crippen LogP contribution in [0.25, 0.3) is 0 Å². The molecule has 3 aliphatic rings. The Labute approximate surface area is 191 Å². The molecule has 10 heteroatoms. The van der Waals surface area contributed by atoms with E-state index in [0.717, 1.165) is 54.8 Å². The summed E-state index contributed by atoms with van der Waals surface area (Å²) in [6.45, 7) is 4.08. The fourth-order valence-corrected chi connectivity index (χ4v) is 7.43. The number of halogens is 1. The zero-order chi connectivity index (χ0) is 21.8. The third-order valence-electron chi connectivity index (χ3n) is 6.49. The molecule has 0 radical (unpaired) electrons. The number of fused-ring (bicyclic) bond motifs is 2. The molecule has 0 bridgehead atoms. The molecule has 2 N–H and O–H groups in total. The molecular weight excluding hydrogens is 458 g/mol. The van der Waals surface area contributed by atoms with Crippen LogP contribution in [0.2, 0.25) is 4.34 Å². The van der Waals surface area contributed by atoms with Gasteiger partial charge in [0.25, 0.3) is 0 Å². The zero-order valence-corrected chi connectivity index (χ0v) is 19.6. The molecule has 0 aromatic carbocycles. The first-order valence-corrected chi connectivity index (χ1v) is 13.3. The van der Waals surface area contributed by atoms with Crippen molar-refractivity contribution >= 4 is 38.8 Å². The Balaban J connectivity index is 1.25. The third-order valence-corrected chi connectivity index (χ3v) is 9.80. The van der Waals surface area contributed by atoms with Gasteiger partial charge in [-0.2, -0.15) is 0 Å². The third kappa shape index (κ3) is 4.24. The molecule has 7 nitrogen and oxygen atoms in total. The van der Waals surface area contributed by atoms with Crippen molar-refractivity contribution in [3.63, 3.8) is 0 Å². The number of thiophene rings is 1. The van der Waals surface area contributed by atoms with Gasteiger partial charge in [0.2, 0.25) is 10.0 Å². The Morgan fingerprint density at radius 2 is 2.23 bits per heavy atom. The van der Waals surface area contributed by atoms with Crippen LogP contribution in [0.1, 0.15) is 54.7 Å². The smallest absolute Gasteiger partial charge is 0.236 e. The van der Waals surface area contributed by atoms with E-state index in [2.05, 4.69) is 21.5 Å². The van der Waals surface area contributed by atoms with Crippen LogP contribution < -0.4 is 4.72 Å². The first-order valence-electron chi connectivity index (χ1n) is 10.6. The summed E-state index contributed by atoms with van der Waals surface area (Å²) in [5.74, 6) is 0.373. The Kier molecular flexibility index (Phi) is 5.55.